The number of rotatable bonds is 4. The summed E-state index contributed by atoms with van der Waals surface area (Å²) in [5.74, 6) is -3.93. The van der Waals surface area contributed by atoms with Gasteiger partial charge in [0, 0.05) is 0 Å². The Labute approximate surface area is 59.2 Å². The molecule has 0 amide bonds. The summed E-state index contributed by atoms with van der Waals surface area (Å²) in [4.78, 5) is 9.45. The first kappa shape index (κ1) is 10.3. The molecule has 0 aliphatic heterocycles. The van der Waals surface area contributed by atoms with E-state index in [0.717, 1.165) is 0 Å². The van der Waals surface area contributed by atoms with E-state index in [-0.39, 0.29) is 0 Å². The Balaban J connectivity index is 3.89. The van der Waals surface area contributed by atoms with E-state index in [0.29, 0.717) is 0 Å². The van der Waals surface area contributed by atoms with Crippen LogP contribution in [0.1, 0.15) is 12.8 Å². The SMILES string of the molecule is O=C(F)CC(F)(F)CC(F)F. The lowest BCUT2D eigenvalue weighted by Gasteiger charge is -2.11. The highest BCUT2D eigenvalue weighted by Crippen LogP contribution is 2.26. The summed E-state index contributed by atoms with van der Waals surface area (Å²) in [5.41, 5.74) is 0. The van der Waals surface area contributed by atoms with Crippen molar-refractivity contribution in [1.82, 2.24) is 0 Å². The summed E-state index contributed by atoms with van der Waals surface area (Å²) in [5, 5.41) is 0. The van der Waals surface area contributed by atoms with Crippen LogP contribution in [0.15, 0.2) is 0 Å². The van der Waals surface area contributed by atoms with Gasteiger partial charge in [-0.3, -0.25) is 4.79 Å². The van der Waals surface area contributed by atoms with Gasteiger partial charge in [-0.1, -0.05) is 0 Å². The van der Waals surface area contributed by atoms with Crippen LogP contribution in [0.2, 0.25) is 0 Å². The largest absolute Gasteiger partial charge is 0.307 e. The lowest BCUT2D eigenvalue weighted by molar-refractivity contribution is -0.139. The normalized spacial score (nSPS) is 12.2. The molecule has 0 aliphatic carbocycles. The van der Waals surface area contributed by atoms with Crippen molar-refractivity contribution in [3.8, 4) is 0 Å². The number of halogens is 5. The molecule has 11 heavy (non-hydrogen) atoms. The van der Waals surface area contributed by atoms with Crippen LogP contribution in [-0.4, -0.2) is 18.4 Å². The molecule has 0 aromatic heterocycles. The zero-order valence-electron chi connectivity index (χ0n) is 5.29. The van der Waals surface area contributed by atoms with E-state index in [2.05, 4.69) is 0 Å². The molecule has 0 spiro atoms. The number of hydrogen-bond donors (Lipinski definition) is 0. The van der Waals surface area contributed by atoms with Gasteiger partial charge in [-0.15, -0.1) is 0 Å². The molecule has 66 valence electrons. The smallest absolute Gasteiger partial charge is 0.261 e. The van der Waals surface area contributed by atoms with Gasteiger partial charge in [0.05, 0.1) is 6.42 Å². The van der Waals surface area contributed by atoms with Crippen molar-refractivity contribution in [3.05, 3.63) is 0 Å². The van der Waals surface area contributed by atoms with Crippen molar-refractivity contribution in [2.24, 2.45) is 0 Å². The Kier molecular flexibility index (Phi) is 3.41. The van der Waals surface area contributed by atoms with Crippen molar-refractivity contribution in [2.75, 3.05) is 0 Å². The van der Waals surface area contributed by atoms with E-state index in [1.807, 2.05) is 0 Å². The number of carbonyl (C=O) groups excluding carboxylic acids is 1. The molecule has 0 saturated heterocycles. The zero-order valence-corrected chi connectivity index (χ0v) is 5.29. The molecule has 0 aromatic rings. The second-order valence-electron chi connectivity index (χ2n) is 1.98. The van der Waals surface area contributed by atoms with Crippen LogP contribution in [0, 0.1) is 0 Å². The molecule has 0 rings (SSSR count). The van der Waals surface area contributed by atoms with Crippen LogP contribution < -0.4 is 0 Å². The lowest BCUT2D eigenvalue weighted by Crippen LogP contribution is -2.22. The van der Waals surface area contributed by atoms with Crippen LogP contribution >= 0.6 is 0 Å². The Hall–Kier alpha value is -0.680. The van der Waals surface area contributed by atoms with Gasteiger partial charge >= 0.3 is 6.04 Å². The molecule has 0 aromatic carbocycles. The predicted octanol–water partition coefficient (Wildman–Crippen LogP) is 2.16. The average molecular weight is 176 g/mol. The second kappa shape index (κ2) is 3.64. The topological polar surface area (TPSA) is 17.1 Å². The average Bonchev–Trinajstić information content (AvgIpc) is 1.53. The fraction of sp³-hybridized carbons (Fsp3) is 0.800. The molecule has 0 N–H and O–H groups in total. The molecule has 0 unspecified atom stereocenters. The van der Waals surface area contributed by atoms with E-state index >= 15 is 0 Å². The molecule has 6 heteroatoms. The molecule has 0 aliphatic rings. The summed E-state index contributed by atoms with van der Waals surface area (Å²) in [7, 11) is 0. The third-order valence-electron chi connectivity index (χ3n) is 0.851. The van der Waals surface area contributed by atoms with E-state index < -0.39 is 31.2 Å². The van der Waals surface area contributed by atoms with Gasteiger partial charge in [-0.25, -0.2) is 17.6 Å². The van der Waals surface area contributed by atoms with E-state index in [4.69, 9.17) is 0 Å². The van der Waals surface area contributed by atoms with E-state index in [1.165, 1.54) is 0 Å². The van der Waals surface area contributed by atoms with E-state index in [1.54, 1.807) is 0 Å². The van der Waals surface area contributed by atoms with Gasteiger partial charge in [0.25, 0.3) is 5.92 Å². The molecular weight excluding hydrogens is 171 g/mol. The highest BCUT2D eigenvalue weighted by Gasteiger charge is 2.35. The maximum atomic E-state index is 12.0. The van der Waals surface area contributed by atoms with Crippen molar-refractivity contribution < 1.29 is 26.7 Å². The van der Waals surface area contributed by atoms with Gasteiger partial charge < -0.3 is 0 Å². The van der Waals surface area contributed by atoms with Crippen molar-refractivity contribution in [3.63, 3.8) is 0 Å². The highest BCUT2D eigenvalue weighted by atomic mass is 19.3. The van der Waals surface area contributed by atoms with Crippen molar-refractivity contribution in [2.45, 2.75) is 25.2 Å². The minimum absolute atomic E-state index is 1.77. The first-order valence-electron chi connectivity index (χ1n) is 2.68. The number of carbonyl (C=O) groups is 1. The fourth-order valence-electron chi connectivity index (χ4n) is 0.501. The van der Waals surface area contributed by atoms with Crippen LogP contribution in [0.4, 0.5) is 22.0 Å². The van der Waals surface area contributed by atoms with Crippen LogP contribution in [-0.2, 0) is 4.79 Å². The zero-order chi connectivity index (χ0) is 9.07. The Bertz CT molecular complexity index is 144. The van der Waals surface area contributed by atoms with Crippen molar-refractivity contribution in [1.29, 1.82) is 0 Å². The monoisotopic (exact) mass is 176 g/mol. The molecule has 0 saturated carbocycles. The van der Waals surface area contributed by atoms with Crippen LogP contribution in [0.3, 0.4) is 0 Å². The van der Waals surface area contributed by atoms with Gasteiger partial charge in [-0.05, 0) is 0 Å². The summed E-state index contributed by atoms with van der Waals surface area (Å²) in [6.07, 6.45) is -6.77. The highest BCUT2D eigenvalue weighted by molar-refractivity contribution is 5.68. The summed E-state index contributed by atoms with van der Waals surface area (Å²) < 4.78 is 57.8. The molecule has 0 fully saturated rings. The summed E-state index contributed by atoms with van der Waals surface area (Å²) >= 11 is 0. The van der Waals surface area contributed by atoms with E-state index in [9.17, 15) is 26.7 Å². The third-order valence-corrected chi connectivity index (χ3v) is 0.851. The standard InChI is InChI=1S/C5H5F5O/c6-3(7)1-5(9,10)2-4(8)11/h3H,1-2H2. The first-order valence-corrected chi connectivity index (χ1v) is 2.68. The quantitative estimate of drug-likeness (QED) is 0.473. The number of alkyl halides is 4. The Morgan fingerprint density at radius 3 is 2.09 bits per heavy atom. The molecule has 0 radical (unpaired) electrons. The fourth-order valence-corrected chi connectivity index (χ4v) is 0.501. The second-order valence-corrected chi connectivity index (χ2v) is 1.98. The van der Waals surface area contributed by atoms with Crippen molar-refractivity contribution >= 4 is 6.04 Å². The molecule has 1 nitrogen and oxygen atoms in total. The maximum Gasteiger partial charge on any atom is 0.307 e. The maximum absolute atomic E-state index is 12.0. The first-order chi connectivity index (χ1) is 4.83. The summed E-state index contributed by atoms with van der Waals surface area (Å²) in [6, 6.07) is -2.28. The molecular formula is C5H5F5O. The van der Waals surface area contributed by atoms with Gasteiger partial charge in [0.2, 0.25) is 6.43 Å². The third kappa shape index (κ3) is 5.75. The van der Waals surface area contributed by atoms with Gasteiger partial charge in [-0.2, -0.15) is 4.39 Å². The predicted molar refractivity (Wildman–Crippen MR) is 26.3 cm³/mol. The van der Waals surface area contributed by atoms with Gasteiger partial charge in [0.15, 0.2) is 0 Å². The summed E-state index contributed by atoms with van der Waals surface area (Å²) in [6.45, 7) is 0. The molecule has 0 bridgehead atoms. The lowest BCUT2D eigenvalue weighted by atomic mass is 10.2. The van der Waals surface area contributed by atoms with Gasteiger partial charge in [0.1, 0.15) is 6.42 Å². The van der Waals surface area contributed by atoms with Crippen LogP contribution in [0.5, 0.6) is 0 Å². The Morgan fingerprint density at radius 1 is 1.36 bits per heavy atom. The minimum atomic E-state index is -3.93. The number of hydrogen-bond acceptors (Lipinski definition) is 1. The minimum Gasteiger partial charge on any atom is -0.261 e. The van der Waals surface area contributed by atoms with Crippen LogP contribution in [0.25, 0.3) is 0 Å². The molecule has 0 heterocycles. The molecule has 0 atom stereocenters. The Morgan fingerprint density at radius 2 is 1.82 bits per heavy atom.